The summed E-state index contributed by atoms with van der Waals surface area (Å²) in [6.07, 6.45) is 0. The standard InChI is InChI=1S/C6H14N2O.CH5P/c7-1-2-8-3-5-9-6-4-8;1-2/h1-7H2;2H2,1H3. The Morgan fingerprint density at radius 2 is 1.91 bits per heavy atom. The molecule has 68 valence electrons. The molecule has 2 N–H and O–H groups in total. The Morgan fingerprint density at radius 3 is 2.36 bits per heavy atom. The predicted molar refractivity (Wildman–Crippen MR) is 51.9 cm³/mol. The van der Waals surface area contributed by atoms with Crippen molar-refractivity contribution in [3.63, 3.8) is 0 Å². The van der Waals surface area contributed by atoms with Crippen molar-refractivity contribution in [2.75, 3.05) is 46.1 Å². The molecule has 1 rings (SSSR count). The van der Waals surface area contributed by atoms with Crippen LogP contribution in [0.2, 0.25) is 0 Å². The molecule has 3 nitrogen and oxygen atoms in total. The normalized spacial score (nSPS) is 18.8. The van der Waals surface area contributed by atoms with E-state index in [1.54, 1.807) is 0 Å². The van der Waals surface area contributed by atoms with Crippen LogP contribution >= 0.6 is 9.24 Å². The van der Waals surface area contributed by atoms with Crippen molar-refractivity contribution < 1.29 is 4.74 Å². The largest absolute Gasteiger partial charge is 0.379 e. The molecule has 1 heterocycles. The molecule has 1 aliphatic heterocycles. The van der Waals surface area contributed by atoms with Crippen LogP contribution in [-0.4, -0.2) is 51.0 Å². The third-order valence-corrected chi connectivity index (χ3v) is 1.55. The van der Waals surface area contributed by atoms with E-state index in [9.17, 15) is 0 Å². The second kappa shape index (κ2) is 8.41. The van der Waals surface area contributed by atoms with E-state index in [2.05, 4.69) is 14.1 Å². The van der Waals surface area contributed by atoms with E-state index in [-0.39, 0.29) is 0 Å². The zero-order valence-corrected chi connectivity index (χ0v) is 8.41. The molecule has 4 heteroatoms. The van der Waals surface area contributed by atoms with Gasteiger partial charge in [-0.25, -0.2) is 0 Å². The van der Waals surface area contributed by atoms with Gasteiger partial charge in [-0.1, -0.05) is 6.66 Å². The van der Waals surface area contributed by atoms with Crippen LogP contribution in [0.5, 0.6) is 0 Å². The van der Waals surface area contributed by atoms with Gasteiger partial charge in [-0.3, -0.25) is 4.90 Å². The van der Waals surface area contributed by atoms with Gasteiger partial charge in [0.25, 0.3) is 0 Å². The SMILES string of the molecule is CP.NCCN1CCOCC1. The average molecular weight is 178 g/mol. The second-order valence-corrected chi connectivity index (χ2v) is 2.24. The van der Waals surface area contributed by atoms with Crippen LogP contribution in [0.3, 0.4) is 0 Å². The number of nitrogens with two attached hydrogens (primary N) is 1. The second-order valence-electron chi connectivity index (χ2n) is 2.24. The molecule has 0 aromatic heterocycles. The molecule has 0 spiro atoms. The monoisotopic (exact) mass is 178 g/mol. The van der Waals surface area contributed by atoms with Crippen molar-refractivity contribution in [3.05, 3.63) is 0 Å². The van der Waals surface area contributed by atoms with Gasteiger partial charge in [0.1, 0.15) is 0 Å². The summed E-state index contributed by atoms with van der Waals surface area (Å²) in [6, 6.07) is 0. The van der Waals surface area contributed by atoms with Crippen LogP contribution in [0.1, 0.15) is 0 Å². The van der Waals surface area contributed by atoms with Gasteiger partial charge >= 0.3 is 0 Å². The first-order chi connectivity index (χ1) is 5.43. The lowest BCUT2D eigenvalue weighted by atomic mass is 10.4. The topological polar surface area (TPSA) is 38.5 Å². The highest BCUT2D eigenvalue weighted by molar-refractivity contribution is 7.15. The van der Waals surface area contributed by atoms with Gasteiger partial charge < -0.3 is 10.5 Å². The zero-order valence-electron chi connectivity index (χ0n) is 7.25. The lowest BCUT2D eigenvalue weighted by Crippen LogP contribution is -2.39. The van der Waals surface area contributed by atoms with Gasteiger partial charge in [0.2, 0.25) is 0 Å². The number of rotatable bonds is 2. The summed E-state index contributed by atoms with van der Waals surface area (Å²) in [7, 11) is 2.42. The molecule has 1 atom stereocenters. The highest BCUT2D eigenvalue weighted by Crippen LogP contribution is 1.93. The van der Waals surface area contributed by atoms with Crippen LogP contribution in [0.4, 0.5) is 0 Å². The summed E-state index contributed by atoms with van der Waals surface area (Å²) in [4.78, 5) is 2.32. The molecular formula is C7H19N2OP. The van der Waals surface area contributed by atoms with E-state index in [0.29, 0.717) is 0 Å². The smallest absolute Gasteiger partial charge is 0.0594 e. The van der Waals surface area contributed by atoms with E-state index < -0.39 is 0 Å². The van der Waals surface area contributed by atoms with E-state index in [4.69, 9.17) is 10.5 Å². The summed E-state index contributed by atoms with van der Waals surface area (Å²) < 4.78 is 5.16. The summed E-state index contributed by atoms with van der Waals surface area (Å²) in [5.74, 6) is 0. The fraction of sp³-hybridized carbons (Fsp3) is 1.00. The summed E-state index contributed by atoms with van der Waals surface area (Å²) in [6.45, 7) is 7.55. The first-order valence-electron chi connectivity index (χ1n) is 4.01. The van der Waals surface area contributed by atoms with Gasteiger partial charge in [-0.05, 0) is 0 Å². The molecule has 1 saturated heterocycles. The van der Waals surface area contributed by atoms with Crippen LogP contribution in [0.25, 0.3) is 0 Å². The van der Waals surface area contributed by atoms with E-state index >= 15 is 0 Å². The van der Waals surface area contributed by atoms with Gasteiger partial charge in [0.05, 0.1) is 13.2 Å². The fourth-order valence-corrected chi connectivity index (χ4v) is 1.01. The molecule has 0 saturated carbocycles. The molecule has 1 aliphatic rings. The van der Waals surface area contributed by atoms with Crippen LogP contribution in [-0.2, 0) is 4.74 Å². The summed E-state index contributed by atoms with van der Waals surface area (Å²) in [5, 5.41) is 0. The highest BCUT2D eigenvalue weighted by atomic mass is 31.0. The number of hydrogen-bond acceptors (Lipinski definition) is 3. The molecule has 0 aliphatic carbocycles. The molecule has 0 aromatic carbocycles. The Labute approximate surface area is 71.5 Å². The Hall–Kier alpha value is 0.310. The van der Waals surface area contributed by atoms with E-state index in [0.717, 1.165) is 39.4 Å². The van der Waals surface area contributed by atoms with Gasteiger partial charge in [0.15, 0.2) is 0 Å². The quantitative estimate of drug-likeness (QED) is 0.593. The van der Waals surface area contributed by atoms with Crippen LogP contribution < -0.4 is 5.73 Å². The predicted octanol–water partition coefficient (Wildman–Crippen LogP) is -0.231. The zero-order chi connectivity index (χ0) is 8.53. The van der Waals surface area contributed by atoms with Crippen molar-refractivity contribution >= 4 is 9.24 Å². The number of hydrogen-bond donors (Lipinski definition) is 1. The lowest BCUT2D eigenvalue weighted by molar-refractivity contribution is 0.0394. The maximum atomic E-state index is 5.38. The first kappa shape index (κ1) is 11.3. The van der Waals surface area contributed by atoms with Crippen molar-refractivity contribution in [2.45, 2.75) is 0 Å². The van der Waals surface area contributed by atoms with Crippen molar-refractivity contribution in [1.82, 2.24) is 4.90 Å². The molecule has 1 fully saturated rings. The van der Waals surface area contributed by atoms with Crippen molar-refractivity contribution in [3.8, 4) is 0 Å². The Bertz CT molecular complexity index is 74.1. The molecule has 0 amide bonds. The van der Waals surface area contributed by atoms with Gasteiger partial charge in [-0.15, -0.1) is 9.24 Å². The molecule has 11 heavy (non-hydrogen) atoms. The number of morpholine rings is 1. The van der Waals surface area contributed by atoms with Crippen molar-refractivity contribution in [1.29, 1.82) is 0 Å². The van der Waals surface area contributed by atoms with Crippen LogP contribution in [0.15, 0.2) is 0 Å². The molecule has 0 radical (unpaired) electrons. The minimum Gasteiger partial charge on any atom is -0.379 e. The molecule has 0 aromatic rings. The third-order valence-electron chi connectivity index (χ3n) is 1.55. The average Bonchev–Trinajstić information content (AvgIpc) is 2.11. The Morgan fingerprint density at radius 1 is 1.36 bits per heavy atom. The number of nitrogens with zero attached hydrogens (tertiary/aromatic N) is 1. The first-order valence-corrected chi connectivity index (χ1v) is 5.17. The molecule has 0 bridgehead atoms. The van der Waals surface area contributed by atoms with Crippen LogP contribution in [0, 0.1) is 0 Å². The van der Waals surface area contributed by atoms with E-state index in [1.165, 1.54) is 0 Å². The van der Waals surface area contributed by atoms with Gasteiger partial charge in [-0.2, -0.15) is 0 Å². The molecular weight excluding hydrogens is 159 g/mol. The summed E-state index contributed by atoms with van der Waals surface area (Å²) in [5.41, 5.74) is 5.38. The maximum absolute atomic E-state index is 5.38. The highest BCUT2D eigenvalue weighted by Gasteiger charge is 2.07. The van der Waals surface area contributed by atoms with E-state index in [1.807, 2.05) is 6.66 Å². The molecule has 1 unspecified atom stereocenters. The minimum absolute atomic E-state index is 0.764. The Kier molecular flexibility index (Phi) is 8.64. The Balaban J connectivity index is 0.000000461. The van der Waals surface area contributed by atoms with Gasteiger partial charge in [0, 0.05) is 26.2 Å². The summed E-state index contributed by atoms with van der Waals surface area (Å²) >= 11 is 0. The fourth-order valence-electron chi connectivity index (χ4n) is 1.01. The van der Waals surface area contributed by atoms with Crippen molar-refractivity contribution in [2.24, 2.45) is 5.73 Å². The minimum atomic E-state index is 0.764. The number of ether oxygens (including phenoxy) is 1. The maximum Gasteiger partial charge on any atom is 0.0594 e. The lowest BCUT2D eigenvalue weighted by Gasteiger charge is -2.25. The third kappa shape index (κ3) is 5.57.